The second-order valence-electron chi connectivity index (χ2n) is 6.26. The number of hydrogen-bond donors (Lipinski definition) is 1. The number of benzene rings is 1. The van der Waals surface area contributed by atoms with Crippen molar-refractivity contribution in [3.63, 3.8) is 0 Å². The number of nitrogens with zero attached hydrogens (tertiary/aromatic N) is 2. The minimum atomic E-state index is -0.0833. The summed E-state index contributed by atoms with van der Waals surface area (Å²) in [5.74, 6) is 0.826. The fourth-order valence-corrected chi connectivity index (χ4v) is 3.00. The van der Waals surface area contributed by atoms with Crippen LogP contribution in [0.5, 0.6) is 5.75 Å². The van der Waals surface area contributed by atoms with Gasteiger partial charge in [-0.2, -0.15) is 0 Å². The molecule has 6 nitrogen and oxygen atoms in total. The SMILES string of the molecule is COc1ccc(C(=O)NCCCN2CCCC2C(=O)N(C)C)cc1. The van der Waals surface area contributed by atoms with E-state index < -0.39 is 0 Å². The largest absolute Gasteiger partial charge is 0.497 e. The molecule has 0 aliphatic carbocycles. The zero-order valence-corrected chi connectivity index (χ0v) is 14.7. The summed E-state index contributed by atoms with van der Waals surface area (Å²) in [6.45, 7) is 2.38. The van der Waals surface area contributed by atoms with Crippen LogP contribution < -0.4 is 10.1 Å². The molecule has 1 heterocycles. The molecule has 0 radical (unpaired) electrons. The van der Waals surface area contributed by atoms with Crippen molar-refractivity contribution < 1.29 is 14.3 Å². The van der Waals surface area contributed by atoms with E-state index in [1.807, 2.05) is 0 Å². The highest BCUT2D eigenvalue weighted by molar-refractivity contribution is 5.94. The van der Waals surface area contributed by atoms with E-state index in [0.29, 0.717) is 12.1 Å². The van der Waals surface area contributed by atoms with Gasteiger partial charge in [-0.25, -0.2) is 0 Å². The first-order valence-electron chi connectivity index (χ1n) is 8.40. The zero-order valence-electron chi connectivity index (χ0n) is 14.7. The van der Waals surface area contributed by atoms with Gasteiger partial charge in [0.2, 0.25) is 5.91 Å². The van der Waals surface area contributed by atoms with Crippen LogP contribution in [0.25, 0.3) is 0 Å². The van der Waals surface area contributed by atoms with Crippen molar-refractivity contribution in [3.05, 3.63) is 29.8 Å². The Hall–Kier alpha value is -2.08. The monoisotopic (exact) mass is 333 g/mol. The first-order valence-corrected chi connectivity index (χ1v) is 8.40. The lowest BCUT2D eigenvalue weighted by Gasteiger charge is -2.26. The minimum Gasteiger partial charge on any atom is -0.497 e. The maximum atomic E-state index is 12.1. The van der Waals surface area contributed by atoms with E-state index in [1.54, 1.807) is 50.4 Å². The first kappa shape index (κ1) is 18.3. The lowest BCUT2D eigenvalue weighted by atomic mass is 10.2. The second-order valence-corrected chi connectivity index (χ2v) is 6.26. The van der Waals surface area contributed by atoms with Crippen LogP contribution in [0.4, 0.5) is 0 Å². The van der Waals surface area contributed by atoms with Crippen molar-refractivity contribution >= 4 is 11.8 Å². The standard InChI is InChI=1S/C18H27N3O3/c1-20(2)18(23)16-6-4-12-21(16)13-5-11-19-17(22)14-7-9-15(24-3)10-8-14/h7-10,16H,4-6,11-13H2,1-3H3,(H,19,22). The van der Waals surface area contributed by atoms with E-state index in [-0.39, 0.29) is 17.9 Å². The molecule has 24 heavy (non-hydrogen) atoms. The number of carbonyl (C=O) groups excluding carboxylic acids is 2. The molecule has 1 aliphatic rings. The summed E-state index contributed by atoms with van der Waals surface area (Å²) in [5.41, 5.74) is 0.623. The third-order valence-corrected chi connectivity index (χ3v) is 4.35. The number of likely N-dealkylation sites (tertiary alicyclic amines) is 1. The Labute approximate surface area is 143 Å². The van der Waals surface area contributed by atoms with Crippen molar-refractivity contribution in [2.75, 3.05) is 40.8 Å². The second kappa shape index (κ2) is 8.68. The van der Waals surface area contributed by atoms with Crippen molar-refractivity contribution in [3.8, 4) is 5.75 Å². The average Bonchev–Trinajstić information content (AvgIpc) is 3.06. The Morgan fingerprint density at radius 2 is 2.00 bits per heavy atom. The van der Waals surface area contributed by atoms with Gasteiger partial charge in [-0.05, 0) is 50.1 Å². The highest BCUT2D eigenvalue weighted by Gasteiger charge is 2.30. The van der Waals surface area contributed by atoms with E-state index in [1.165, 1.54) is 0 Å². The minimum absolute atomic E-state index is 0.00251. The number of amides is 2. The molecule has 1 aromatic carbocycles. The van der Waals surface area contributed by atoms with Crippen molar-refractivity contribution in [2.24, 2.45) is 0 Å². The summed E-state index contributed by atoms with van der Waals surface area (Å²) in [4.78, 5) is 28.1. The van der Waals surface area contributed by atoms with E-state index in [2.05, 4.69) is 10.2 Å². The van der Waals surface area contributed by atoms with E-state index in [0.717, 1.165) is 38.1 Å². The summed E-state index contributed by atoms with van der Waals surface area (Å²) in [5, 5.41) is 2.93. The number of likely N-dealkylation sites (N-methyl/N-ethyl adjacent to an activating group) is 1. The fraction of sp³-hybridized carbons (Fsp3) is 0.556. The molecule has 1 aromatic rings. The van der Waals surface area contributed by atoms with Gasteiger partial charge in [0.25, 0.3) is 5.91 Å². The van der Waals surface area contributed by atoms with E-state index >= 15 is 0 Å². The molecule has 1 aliphatic heterocycles. The summed E-state index contributed by atoms with van der Waals surface area (Å²) < 4.78 is 5.08. The van der Waals surface area contributed by atoms with Crippen molar-refractivity contribution in [1.29, 1.82) is 0 Å². The molecule has 0 spiro atoms. The van der Waals surface area contributed by atoms with Crippen LogP contribution in [0.15, 0.2) is 24.3 Å². The van der Waals surface area contributed by atoms with Crippen LogP contribution >= 0.6 is 0 Å². The molecule has 2 rings (SSSR count). The smallest absolute Gasteiger partial charge is 0.251 e. The topological polar surface area (TPSA) is 61.9 Å². The van der Waals surface area contributed by atoms with Gasteiger partial charge < -0.3 is 15.0 Å². The third-order valence-electron chi connectivity index (χ3n) is 4.35. The lowest BCUT2D eigenvalue weighted by Crippen LogP contribution is -2.43. The summed E-state index contributed by atoms with van der Waals surface area (Å²) in [6.07, 6.45) is 2.82. The van der Waals surface area contributed by atoms with Gasteiger partial charge in [0.15, 0.2) is 0 Å². The number of carbonyl (C=O) groups is 2. The number of rotatable bonds is 7. The molecule has 132 valence electrons. The Morgan fingerprint density at radius 3 is 2.62 bits per heavy atom. The predicted molar refractivity (Wildman–Crippen MR) is 93.2 cm³/mol. The van der Waals surface area contributed by atoms with Crippen LogP contribution in [0.2, 0.25) is 0 Å². The molecule has 0 saturated carbocycles. The normalized spacial score (nSPS) is 17.5. The molecule has 1 N–H and O–H groups in total. The Morgan fingerprint density at radius 1 is 1.29 bits per heavy atom. The van der Waals surface area contributed by atoms with Crippen LogP contribution in [-0.2, 0) is 4.79 Å². The Bertz CT molecular complexity index is 557. The van der Waals surface area contributed by atoms with Crippen LogP contribution in [0.1, 0.15) is 29.6 Å². The highest BCUT2D eigenvalue weighted by atomic mass is 16.5. The van der Waals surface area contributed by atoms with Crippen molar-refractivity contribution in [1.82, 2.24) is 15.1 Å². The maximum Gasteiger partial charge on any atom is 0.251 e. The van der Waals surface area contributed by atoms with Gasteiger partial charge in [0.05, 0.1) is 13.2 Å². The Kier molecular flexibility index (Phi) is 6.61. The summed E-state index contributed by atoms with van der Waals surface area (Å²) >= 11 is 0. The quantitative estimate of drug-likeness (QED) is 0.766. The predicted octanol–water partition coefficient (Wildman–Crippen LogP) is 1.37. The first-order chi connectivity index (χ1) is 11.5. The van der Waals surface area contributed by atoms with Gasteiger partial charge in [-0.3, -0.25) is 14.5 Å². The molecule has 2 amide bonds. The highest BCUT2D eigenvalue weighted by Crippen LogP contribution is 2.18. The third kappa shape index (κ3) is 4.71. The summed E-state index contributed by atoms with van der Waals surface area (Å²) in [7, 11) is 5.20. The molecular weight excluding hydrogens is 306 g/mol. The number of methoxy groups -OCH3 is 1. The fourth-order valence-electron chi connectivity index (χ4n) is 3.00. The van der Waals surface area contributed by atoms with Gasteiger partial charge in [-0.15, -0.1) is 0 Å². The molecule has 1 fully saturated rings. The molecule has 1 atom stereocenters. The number of hydrogen-bond acceptors (Lipinski definition) is 4. The molecule has 6 heteroatoms. The summed E-state index contributed by atoms with van der Waals surface area (Å²) in [6, 6.07) is 7.05. The molecule has 1 unspecified atom stereocenters. The van der Waals surface area contributed by atoms with Gasteiger partial charge in [0.1, 0.15) is 5.75 Å². The van der Waals surface area contributed by atoms with Crippen LogP contribution in [0.3, 0.4) is 0 Å². The van der Waals surface area contributed by atoms with Crippen LogP contribution in [0, 0.1) is 0 Å². The zero-order chi connectivity index (χ0) is 17.5. The molecule has 1 saturated heterocycles. The molecule has 0 aromatic heterocycles. The van der Waals surface area contributed by atoms with Crippen LogP contribution in [-0.4, -0.2) is 68.5 Å². The number of nitrogens with one attached hydrogen (secondary N) is 1. The van der Waals surface area contributed by atoms with E-state index in [9.17, 15) is 9.59 Å². The van der Waals surface area contributed by atoms with Gasteiger partial charge in [0, 0.05) is 32.7 Å². The number of ether oxygens (including phenoxy) is 1. The Balaban J connectivity index is 1.73. The van der Waals surface area contributed by atoms with Crippen molar-refractivity contribution in [2.45, 2.75) is 25.3 Å². The molecule has 0 bridgehead atoms. The van der Waals surface area contributed by atoms with E-state index in [4.69, 9.17) is 4.74 Å². The van der Waals surface area contributed by atoms with Gasteiger partial charge in [-0.1, -0.05) is 0 Å². The lowest BCUT2D eigenvalue weighted by molar-refractivity contribution is -0.133. The van der Waals surface area contributed by atoms with Gasteiger partial charge >= 0.3 is 0 Å². The molecular formula is C18H27N3O3. The maximum absolute atomic E-state index is 12.1. The average molecular weight is 333 g/mol.